The van der Waals surface area contributed by atoms with E-state index in [-0.39, 0.29) is 5.82 Å². The third kappa shape index (κ3) is 3.75. The summed E-state index contributed by atoms with van der Waals surface area (Å²) in [5, 5.41) is 0. The van der Waals surface area contributed by atoms with Gasteiger partial charge in [-0.25, -0.2) is 4.39 Å². The number of benzene rings is 2. The van der Waals surface area contributed by atoms with E-state index in [0.29, 0.717) is 25.4 Å². The van der Waals surface area contributed by atoms with Crippen LogP contribution in [-0.2, 0) is 0 Å². The molecule has 0 aliphatic heterocycles. The second kappa shape index (κ2) is 5.98. The van der Waals surface area contributed by atoms with Crippen molar-refractivity contribution in [2.75, 3.05) is 0 Å². The van der Waals surface area contributed by atoms with Gasteiger partial charge in [0.2, 0.25) is 0 Å². The highest BCUT2D eigenvalue weighted by Gasteiger charge is 2.07. The van der Waals surface area contributed by atoms with Crippen molar-refractivity contribution < 1.29 is 9.13 Å². The number of hydrogen-bond donors (Lipinski definition) is 1. The maximum atomic E-state index is 13.2. The lowest BCUT2D eigenvalue weighted by atomic mass is 10.2. The van der Waals surface area contributed by atoms with Gasteiger partial charge in [0.25, 0.3) is 0 Å². The van der Waals surface area contributed by atoms with Crippen LogP contribution in [0.15, 0.2) is 45.3 Å². The van der Waals surface area contributed by atoms with Crippen molar-refractivity contribution in [1.82, 2.24) is 0 Å². The summed E-state index contributed by atoms with van der Waals surface area (Å²) < 4.78 is 20.2. The first-order valence-electron chi connectivity index (χ1n) is 5.19. The van der Waals surface area contributed by atoms with E-state index in [1.54, 1.807) is 24.3 Å². The lowest BCUT2D eigenvalue weighted by Gasteiger charge is -2.09. The van der Waals surface area contributed by atoms with E-state index < -0.39 is 0 Å². The monoisotopic (exact) mass is 403 g/mol. The summed E-state index contributed by atoms with van der Waals surface area (Å²) in [7, 11) is 0. The number of rotatable bonds is 3. The van der Waals surface area contributed by atoms with Crippen LogP contribution in [-0.4, -0.2) is 4.99 Å². The Balaban J connectivity index is 2.30. The Morgan fingerprint density at radius 2 is 1.89 bits per heavy atom. The highest BCUT2D eigenvalue weighted by atomic mass is 79.9. The minimum Gasteiger partial charge on any atom is -0.456 e. The van der Waals surface area contributed by atoms with Crippen molar-refractivity contribution in [2.24, 2.45) is 5.73 Å². The smallest absolute Gasteiger partial charge is 0.141 e. The van der Waals surface area contributed by atoms with Crippen LogP contribution in [0.4, 0.5) is 4.39 Å². The molecular formula is C13H8Br2FNOS. The molecule has 0 fully saturated rings. The zero-order valence-corrected chi connectivity index (χ0v) is 13.5. The van der Waals surface area contributed by atoms with Crippen molar-refractivity contribution in [3.05, 3.63) is 56.7 Å². The standard InChI is InChI=1S/C13H8Br2FNOS/c14-8-4-9(16)6-10(5-8)18-12-2-1-7(13(17)19)3-11(12)15/h1-6H,(H2,17,19). The van der Waals surface area contributed by atoms with Crippen LogP contribution < -0.4 is 10.5 Å². The summed E-state index contributed by atoms with van der Waals surface area (Å²) in [6, 6.07) is 9.56. The number of ether oxygens (including phenoxy) is 1. The first-order chi connectivity index (χ1) is 8.95. The van der Waals surface area contributed by atoms with Gasteiger partial charge in [0.15, 0.2) is 0 Å². The minimum absolute atomic E-state index is 0.306. The Kier molecular flexibility index (Phi) is 4.54. The van der Waals surface area contributed by atoms with Gasteiger partial charge in [-0.1, -0.05) is 28.1 Å². The van der Waals surface area contributed by atoms with E-state index in [4.69, 9.17) is 22.7 Å². The number of nitrogens with two attached hydrogens (primary N) is 1. The summed E-state index contributed by atoms with van der Waals surface area (Å²) in [4.78, 5) is 0.306. The molecule has 2 rings (SSSR count). The highest BCUT2D eigenvalue weighted by Crippen LogP contribution is 2.32. The average molecular weight is 405 g/mol. The summed E-state index contributed by atoms with van der Waals surface area (Å²) in [6.07, 6.45) is 0. The first kappa shape index (κ1) is 14.4. The molecule has 0 radical (unpaired) electrons. The van der Waals surface area contributed by atoms with Gasteiger partial charge in [-0.15, -0.1) is 0 Å². The zero-order chi connectivity index (χ0) is 14.0. The van der Waals surface area contributed by atoms with Crippen molar-refractivity contribution in [3.8, 4) is 11.5 Å². The van der Waals surface area contributed by atoms with Gasteiger partial charge in [-0.05, 0) is 46.3 Å². The summed E-state index contributed by atoms with van der Waals surface area (Å²) >= 11 is 11.5. The molecule has 0 unspecified atom stereocenters. The Morgan fingerprint density at radius 3 is 2.47 bits per heavy atom. The third-order valence-electron chi connectivity index (χ3n) is 2.28. The van der Waals surface area contributed by atoms with Crippen molar-refractivity contribution in [2.45, 2.75) is 0 Å². The molecule has 98 valence electrons. The molecule has 0 heterocycles. The van der Waals surface area contributed by atoms with Crippen LogP contribution in [0.2, 0.25) is 0 Å². The van der Waals surface area contributed by atoms with Gasteiger partial charge in [-0.2, -0.15) is 0 Å². The lowest BCUT2D eigenvalue weighted by molar-refractivity contribution is 0.473. The second-order valence-corrected chi connectivity index (χ2v) is 5.93. The molecule has 0 amide bonds. The summed E-state index contributed by atoms with van der Waals surface area (Å²) in [5.74, 6) is 0.577. The van der Waals surface area contributed by atoms with Crippen LogP contribution in [0, 0.1) is 5.82 Å². The molecule has 19 heavy (non-hydrogen) atoms. The maximum Gasteiger partial charge on any atom is 0.141 e. The second-order valence-electron chi connectivity index (χ2n) is 3.72. The van der Waals surface area contributed by atoms with Crippen LogP contribution in [0.3, 0.4) is 0 Å². The molecule has 0 saturated carbocycles. The molecule has 2 nitrogen and oxygen atoms in total. The number of thiocarbonyl (C=S) groups is 1. The van der Waals surface area contributed by atoms with E-state index in [9.17, 15) is 4.39 Å². The fourth-order valence-corrected chi connectivity index (χ4v) is 2.48. The molecule has 0 aromatic heterocycles. The zero-order valence-electron chi connectivity index (χ0n) is 9.49. The van der Waals surface area contributed by atoms with Crippen LogP contribution in [0.25, 0.3) is 0 Å². The van der Waals surface area contributed by atoms with E-state index in [2.05, 4.69) is 31.9 Å². The number of halogens is 3. The molecule has 2 aromatic carbocycles. The van der Waals surface area contributed by atoms with Crippen molar-refractivity contribution in [1.29, 1.82) is 0 Å². The highest BCUT2D eigenvalue weighted by molar-refractivity contribution is 9.10. The van der Waals surface area contributed by atoms with Gasteiger partial charge in [0, 0.05) is 16.1 Å². The van der Waals surface area contributed by atoms with Crippen LogP contribution >= 0.6 is 44.1 Å². The minimum atomic E-state index is -0.375. The fraction of sp³-hybridized carbons (Fsp3) is 0. The molecule has 2 N–H and O–H groups in total. The Morgan fingerprint density at radius 1 is 1.16 bits per heavy atom. The molecule has 0 atom stereocenters. The quantitative estimate of drug-likeness (QED) is 0.747. The molecule has 6 heteroatoms. The molecule has 0 aliphatic rings. The van der Waals surface area contributed by atoms with Crippen molar-refractivity contribution >= 4 is 49.1 Å². The topological polar surface area (TPSA) is 35.2 Å². The van der Waals surface area contributed by atoms with E-state index >= 15 is 0 Å². The maximum absolute atomic E-state index is 13.2. The normalized spacial score (nSPS) is 10.3. The van der Waals surface area contributed by atoms with Gasteiger partial charge in [0.1, 0.15) is 22.3 Å². The first-order valence-corrected chi connectivity index (χ1v) is 7.18. The molecule has 0 saturated heterocycles. The predicted molar refractivity (Wildman–Crippen MR) is 84.2 cm³/mol. The van der Waals surface area contributed by atoms with Crippen molar-refractivity contribution in [3.63, 3.8) is 0 Å². The van der Waals surface area contributed by atoms with Gasteiger partial charge < -0.3 is 10.5 Å². The summed E-state index contributed by atoms with van der Waals surface area (Å²) in [5.41, 5.74) is 6.27. The largest absolute Gasteiger partial charge is 0.456 e. The lowest BCUT2D eigenvalue weighted by Crippen LogP contribution is -2.09. The molecular weight excluding hydrogens is 397 g/mol. The Bertz CT molecular complexity index is 628. The average Bonchev–Trinajstić information content (AvgIpc) is 2.30. The molecule has 0 aliphatic carbocycles. The Hall–Kier alpha value is -0.980. The van der Waals surface area contributed by atoms with Crippen LogP contribution in [0.1, 0.15) is 5.56 Å². The van der Waals surface area contributed by atoms with Gasteiger partial charge in [-0.3, -0.25) is 0 Å². The fourth-order valence-electron chi connectivity index (χ4n) is 1.45. The summed E-state index contributed by atoms with van der Waals surface area (Å²) in [6.45, 7) is 0. The van der Waals surface area contributed by atoms with E-state index in [0.717, 1.165) is 5.56 Å². The van der Waals surface area contributed by atoms with E-state index in [1.165, 1.54) is 12.1 Å². The van der Waals surface area contributed by atoms with Gasteiger partial charge >= 0.3 is 0 Å². The third-order valence-corrected chi connectivity index (χ3v) is 3.59. The predicted octanol–water partition coefficient (Wildman–Crippen LogP) is 4.78. The van der Waals surface area contributed by atoms with Crippen LogP contribution in [0.5, 0.6) is 11.5 Å². The Labute approximate surface area is 132 Å². The molecule has 0 spiro atoms. The van der Waals surface area contributed by atoms with E-state index in [1.807, 2.05) is 0 Å². The molecule has 2 aromatic rings. The van der Waals surface area contributed by atoms with Gasteiger partial charge in [0.05, 0.1) is 4.47 Å². The number of hydrogen-bond acceptors (Lipinski definition) is 2. The molecule has 0 bridgehead atoms. The SMILES string of the molecule is NC(=S)c1ccc(Oc2cc(F)cc(Br)c2)c(Br)c1.